The van der Waals surface area contributed by atoms with E-state index in [-0.39, 0.29) is 11.4 Å². The first-order valence-corrected chi connectivity index (χ1v) is 9.40. The number of halogens is 1. The van der Waals surface area contributed by atoms with Crippen molar-refractivity contribution in [1.29, 1.82) is 0 Å². The second-order valence-electron chi connectivity index (χ2n) is 7.08. The highest BCUT2D eigenvalue weighted by molar-refractivity contribution is 5.95. The van der Waals surface area contributed by atoms with E-state index in [9.17, 15) is 14.0 Å². The summed E-state index contributed by atoms with van der Waals surface area (Å²) in [5, 5.41) is 6.95. The van der Waals surface area contributed by atoms with Gasteiger partial charge in [0, 0.05) is 5.92 Å². The molecular weight excluding hydrogens is 373 g/mol. The van der Waals surface area contributed by atoms with Crippen molar-refractivity contribution < 1.29 is 18.7 Å². The van der Waals surface area contributed by atoms with Crippen molar-refractivity contribution in [1.82, 2.24) is 9.78 Å². The number of nitrogens with zero attached hydrogens (tertiary/aromatic N) is 2. The second-order valence-corrected chi connectivity index (χ2v) is 7.08. The Labute approximate surface area is 167 Å². The lowest BCUT2D eigenvalue weighted by molar-refractivity contribution is -0.119. The summed E-state index contributed by atoms with van der Waals surface area (Å²) in [7, 11) is 0. The SMILES string of the molecule is Cc1ccc(NC(=O)COC(=O)c2cc(C3CC3)nn2-c2ccccc2)c(F)c1. The third-order valence-electron chi connectivity index (χ3n) is 4.67. The van der Waals surface area contributed by atoms with Gasteiger partial charge in [-0.05, 0) is 55.7 Å². The molecule has 1 saturated carbocycles. The normalized spacial score (nSPS) is 13.2. The lowest BCUT2D eigenvalue weighted by atomic mass is 10.2. The van der Waals surface area contributed by atoms with E-state index in [1.54, 1.807) is 19.1 Å². The minimum Gasteiger partial charge on any atom is -0.451 e. The zero-order valence-corrected chi connectivity index (χ0v) is 15.9. The first kappa shape index (κ1) is 18.9. The number of nitrogens with one attached hydrogen (secondary N) is 1. The molecule has 1 N–H and O–H groups in total. The fourth-order valence-corrected chi connectivity index (χ4v) is 3.00. The number of benzene rings is 2. The first-order valence-electron chi connectivity index (χ1n) is 9.40. The molecule has 6 nitrogen and oxygen atoms in total. The topological polar surface area (TPSA) is 73.2 Å². The summed E-state index contributed by atoms with van der Waals surface area (Å²) in [4.78, 5) is 24.7. The Kier molecular flexibility index (Phi) is 5.12. The van der Waals surface area contributed by atoms with E-state index in [0.717, 1.165) is 29.8 Å². The molecule has 3 aromatic rings. The van der Waals surface area contributed by atoms with Crippen LogP contribution in [0.2, 0.25) is 0 Å². The number of aromatic nitrogens is 2. The number of hydrogen-bond donors (Lipinski definition) is 1. The number of rotatable bonds is 6. The maximum Gasteiger partial charge on any atom is 0.357 e. The molecule has 2 aromatic carbocycles. The fraction of sp³-hybridized carbons (Fsp3) is 0.227. The summed E-state index contributed by atoms with van der Waals surface area (Å²) in [5.74, 6) is -1.46. The molecule has 4 rings (SSSR count). The van der Waals surface area contributed by atoms with Crippen molar-refractivity contribution in [2.24, 2.45) is 0 Å². The number of hydrogen-bond acceptors (Lipinski definition) is 4. The molecule has 29 heavy (non-hydrogen) atoms. The highest BCUT2D eigenvalue weighted by Gasteiger charge is 2.29. The maximum atomic E-state index is 13.9. The lowest BCUT2D eigenvalue weighted by Gasteiger charge is -2.09. The molecule has 1 fully saturated rings. The number of aryl methyl sites for hydroxylation is 1. The number of anilines is 1. The standard InChI is InChI=1S/C22H20FN3O3/c1-14-7-10-18(17(23)11-14)24-21(27)13-29-22(28)20-12-19(15-8-9-15)25-26(20)16-5-3-2-4-6-16/h2-7,10-12,15H,8-9,13H2,1H3,(H,24,27). The van der Waals surface area contributed by atoms with Crippen LogP contribution in [0.15, 0.2) is 54.6 Å². The average Bonchev–Trinajstić information content (AvgIpc) is 3.47. The van der Waals surface area contributed by atoms with Gasteiger partial charge in [0.2, 0.25) is 0 Å². The van der Waals surface area contributed by atoms with Gasteiger partial charge >= 0.3 is 5.97 Å². The molecule has 7 heteroatoms. The minimum absolute atomic E-state index is 0.0435. The molecule has 0 spiro atoms. The van der Waals surface area contributed by atoms with Gasteiger partial charge in [0.15, 0.2) is 12.3 Å². The van der Waals surface area contributed by atoms with Crippen LogP contribution in [0.3, 0.4) is 0 Å². The highest BCUT2D eigenvalue weighted by atomic mass is 19.1. The van der Waals surface area contributed by atoms with Gasteiger partial charge in [-0.1, -0.05) is 24.3 Å². The fourth-order valence-electron chi connectivity index (χ4n) is 3.00. The predicted molar refractivity (Wildman–Crippen MR) is 106 cm³/mol. The predicted octanol–water partition coefficient (Wildman–Crippen LogP) is 3.99. The van der Waals surface area contributed by atoms with Crippen LogP contribution in [0.25, 0.3) is 5.69 Å². The summed E-state index contributed by atoms with van der Waals surface area (Å²) in [6, 6.07) is 15.4. The van der Waals surface area contributed by atoms with Gasteiger partial charge in [0.05, 0.1) is 17.1 Å². The zero-order valence-electron chi connectivity index (χ0n) is 15.9. The molecule has 0 radical (unpaired) electrons. The number of carbonyl (C=O) groups excluding carboxylic acids is 2. The summed E-state index contributed by atoms with van der Waals surface area (Å²) >= 11 is 0. The largest absolute Gasteiger partial charge is 0.451 e. The number of esters is 1. The van der Waals surface area contributed by atoms with Crippen molar-refractivity contribution >= 4 is 17.6 Å². The number of ether oxygens (including phenoxy) is 1. The van der Waals surface area contributed by atoms with Crippen LogP contribution in [0, 0.1) is 12.7 Å². The third-order valence-corrected chi connectivity index (χ3v) is 4.67. The second kappa shape index (κ2) is 7.87. The van der Waals surface area contributed by atoms with Gasteiger partial charge in [-0.15, -0.1) is 0 Å². The zero-order chi connectivity index (χ0) is 20.4. The molecule has 1 aromatic heterocycles. The van der Waals surface area contributed by atoms with E-state index in [0.29, 0.717) is 5.92 Å². The molecule has 0 aliphatic heterocycles. The van der Waals surface area contributed by atoms with Gasteiger partial charge in [0.25, 0.3) is 5.91 Å². The van der Waals surface area contributed by atoms with Crippen molar-refractivity contribution in [2.75, 3.05) is 11.9 Å². The molecule has 0 saturated heterocycles. The van der Waals surface area contributed by atoms with Gasteiger partial charge in [-0.2, -0.15) is 5.10 Å². The Hall–Kier alpha value is -3.48. The molecule has 0 unspecified atom stereocenters. The minimum atomic E-state index is -0.659. The van der Waals surface area contributed by atoms with E-state index < -0.39 is 24.3 Å². The van der Waals surface area contributed by atoms with Crippen LogP contribution in [0.1, 0.15) is 40.5 Å². The van der Waals surface area contributed by atoms with E-state index in [1.165, 1.54) is 16.8 Å². The Morgan fingerprint density at radius 3 is 2.62 bits per heavy atom. The lowest BCUT2D eigenvalue weighted by Crippen LogP contribution is -2.22. The van der Waals surface area contributed by atoms with Crippen LogP contribution in [0.4, 0.5) is 10.1 Å². The van der Waals surface area contributed by atoms with Crippen LogP contribution in [-0.4, -0.2) is 28.3 Å². The number of para-hydroxylation sites is 1. The molecule has 0 atom stereocenters. The Bertz CT molecular complexity index is 1060. The summed E-state index contributed by atoms with van der Waals surface area (Å²) < 4.78 is 20.6. The van der Waals surface area contributed by atoms with Crippen molar-refractivity contribution in [3.63, 3.8) is 0 Å². The van der Waals surface area contributed by atoms with Gasteiger partial charge < -0.3 is 10.1 Å². The quantitative estimate of drug-likeness (QED) is 0.643. The van der Waals surface area contributed by atoms with Crippen molar-refractivity contribution in [3.05, 3.63) is 77.4 Å². The van der Waals surface area contributed by atoms with Crippen LogP contribution >= 0.6 is 0 Å². The Balaban J connectivity index is 1.46. The van der Waals surface area contributed by atoms with Crippen molar-refractivity contribution in [3.8, 4) is 5.69 Å². The first-order chi connectivity index (χ1) is 14.0. The molecular formula is C22H20FN3O3. The molecule has 1 heterocycles. The van der Waals surface area contributed by atoms with Gasteiger partial charge in [-0.25, -0.2) is 13.9 Å². The summed E-state index contributed by atoms with van der Waals surface area (Å²) in [6.45, 7) is 1.23. The van der Waals surface area contributed by atoms with Gasteiger partial charge in [0.1, 0.15) is 5.82 Å². The molecule has 1 aliphatic rings. The summed E-state index contributed by atoms with van der Waals surface area (Å²) in [6.07, 6.45) is 2.09. The smallest absolute Gasteiger partial charge is 0.357 e. The Morgan fingerprint density at radius 1 is 1.17 bits per heavy atom. The maximum absolute atomic E-state index is 13.9. The number of amides is 1. The van der Waals surface area contributed by atoms with E-state index in [2.05, 4.69) is 10.4 Å². The molecule has 148 valence electrons. The number of carbonyl (C=O) groups is 2. The summed E-state index contributed by atoms with van der Waals surface area (Å²) in [5.41, 5.74) is 2.62. The van der Waals surface area contributed by atoms with Gasteiger partial charge in [-0.3, -0.25) is 4.79 Å². The van der Waals surface area contributed by atoms with Crippen LogP contribution < -0.4 is 5.32 Å². The van der Waals surface area contributed by atoms with Crippen LogP contribution in [0.5, 0.6) is 0 Å². The Morgan fingerprint density at radius 2 is 1.93 bits per heavy atom. The van der Waals surface area contributed by atoms with E-state index in [1.807, 2.05) is 30.3 Å². The van der Waals surface area contributed by atoms with Crippen molar-refractivity contribution in [2.45, 2.75) is 25.7 Å². The average molecular weight is 393 g/mol. The molecule has 1 aliphatic carbocycles. The molecule has 0 bridgehead atoms. The van der Waals surface area contributed by atoms with E-state index in [4.69, 9.17) is 4.74 Å². The van der Waals surface area contributed by atoms with Crippen LogP contribution in [-0.2, 0) is 9.53 Å². The molecule has 1 amide bonds. The highest BCUT2D eigenvalue weighted by Crippen LogP contribution is 2.39. The monoisotopic (exact) mass is 393 g/mol. The van der Waals surface area contributed by atoms with E-state index >= 15 is 0 Å². The third kappa shape index (κ3) is 4.34.